The molecule has 3 N–H and O–H groups in total. The number of benzene rings is 2. The number of hydrogen-bond donors (Lipinski definition) is 3. The third kappa shape index (κ3) is 3.78. The molecule has 1 heterocycles. The second-order valence-electron chi connectivity index (χ2n) is 5.77. The van der Waals surface area contributed by atoms with Crippen LogP contribution in [-0.4, -0.2) is 31.4 Å². The van der Waals surface area contributed by atoms with Gasteiger partial charge in [-0.25, -0.2) is 4.39 Å². The second kappa shape index (κ2) is 7.23. The predicted molar refractivity (Wildman–Crippen MR) is 87.9 cm³/mol. The van der Waals surface area contributed by atoms with E-state index in [1.54, 1.807) is 0 Å². The highest BCUT2D eigenvalue weighted by atomic mass is 19.1. The van der Waals surface area contributed by atoms with Crippen LogP contribution in [-0.2, 0) is 9.59 Å². The van der Waals surface area contributed by atoms with Gasteiger partial charge in [-0.05, 0) is 24.3 Å². The lowest BCUT2D eigenvalue weighted by atomic mass is 10.0. The highest BCUT2D eigenvalue weighted by molar-refractivity contribution is 5.94. The lowest BCUT2D eigenvalue weighted by Crippen LogP contribution is -3.16. The number of halogens is 1. The first-order chi connectivity index (χ1) is 11.6. The number of rotatable bonds is 4. The molecule has 2 amide bonds. The first-order valence-corrected chi connectivity index (χ1v) is 7.86. The highest BCUT2D eigenvalue weighted by Crippen LogP contribution is 2.14. The Hall–Kier alpha value is -2.73. The van der Waals surface area contributed by atoms with E-state index in [2.05, 4.69) is 10.6 Å². The minimum atomic E-state index is -0.498. The molecule has 2 atom stereocenters. The standard InChI is InChI=1S/C18H18FN3O2/c19-14-6-8-15(9-7-14)21-18(24)17(13-4-2-1-3-5-13)22-11-10-20-16(23)12-22/h1-9,17H,10-12H2,(H,20,23)(H,21,24)/p+1/t17-/m1/s1. The Kier molecular flexibility index (Phi) is 4.86. The van der Waals surface area contributed by atoms with Crippen LogP contribution in [0.5, 0.6) is 0 Å². The van der Waals surface area contributed by atoms with Gasteiger partial charge in [0.05, 0.1) is 13.1 Å². The van der Waals surface area contributed by atoms with Gasteiger partial charge in [0, 0.05) is 11.3 Å². The molecule has 24 heavy (non-hydrogen) atoms. The van der Waals surface area contributed by atoms with Crippen molar-refractivity contribution in [2.24, 2.45) is 0 Å². The van der Waals surface area contributed by atoms with Gasteiger partial charge in [0.25, 0.3) is 11.8 Å². The Balaban J connectivity index is 1.84. The van der Waals surface area contributed by atoms with Gasteiger partial charge >= 0.3 is 0 Å². The zero-order chi connectivity index (χ0) is 16.9. The van der Waals surface area contributed by atoms with Crippen LogP contribution in [0.4, 0.5) is 10.1 Å². The number of hydrogen-bond acceptors (Lipinski definition) is 2. The summed E-state index contributed by atoms with van der Waals surface area (Å²) < 4.78 is 13.0. The predicted octanol–water partition coefficient (Wildman–Crippen LogP) is 0.520. The zero-order valence-electron chi connectivity index (χ0n) is 13.1. The second-order valence-corrected chi connectivity index (χ2v) is 5.77. The maximum atomic E-state index is 13.0. The van der Waals surface area contributed by atoms with Crippen molar-refractivity contribution in [3.63, 3.8) is 0 Å². The van der Waals surface area contributed by atoms with Crippen molar-refractivity contribution in [1.82, 2.24) is 5.32 Å². The third-order valence-corrected chi connectivity index (χ3v) is 4.07. The molecule has 124 valence electrons. The van der Waals surface area contributed by atoms with Crippen LogP contribution in [0.15, 0.2) is 54.6 Å². The van der Waals surface area contributed by atoms with E-state index in [1.165, 1.54) is 24.3 Å². The number of quaternary nitrogens is 1. The molecule has 5 nitrogen and oxygen atoms in total. The summed E-state index contributed by atoms with van der Waals surface area (Å²) in [6.45, 7) is 1.46. The minimum Gasteiger partial charge on any atom is -0.346 e. The summed E-state index contributed by atoms with van der Waals surface area (Å²) in [4.78, 5) is 25.5. The Bertz CT molecular complexity index is 719. The molecule has 0 aromatic heterocycles. The molecule has 1 aliphatic rings. The Morgan fingerprint density at radius 1 is 1.12 bits per heavy atom. The van der Waals surface area contributed by atoms with Crippen LogP contribution < -0.4 is 15.5 Å². The molecule has 2 aromatic rings. The number of carbonyl (C=O) groups is 2. The molecule has 0 aliphatic carbocycles. The lowest BCUT2D eigenvalue weighted by molar-refractivity contribution is -0.915. The fraction of sp³-hybridized carbons (Fsp3) is 0.222. The SMILES string of the molecule is O=C1C[NH+]([C@@H](C(=O)Nc2ccc(F)cc2)c2ccccc2)CCN1. The van der Waals surface area contributed by atoms with Crippen LogP contribution in [0.3, 0.4) is 0 Å². The van der Waals surface area contributed by atoms with Crippen molar-refractivity contribution in [3.05, 3.63) is 66.0 Å². The van der Waals surface area contributed by atoms with Gasteiger partial charge in [0.2, 0.25) is 0 Å². The number of piperazine rings is 1. The Labute approximate surface area is 139 Å². The van der Waals surface area contributed by atoms with Crippen molar-refractivity contribution < 1.29 is 18.9 Å². The molecular weight excluding hydrogens is 309 g/mol. The Morgan fingerprint density at radius 3 is 2.50 bits per heavy atom. The van der Waals surface area contributed by atoms with Gasteiger partial charge in [-0.1, -0.05) is 30.3 Å². The van der Waals surface area contributed by atoms with Crippen molar-refractivity contribution in [2.75, 3.05) is 25.0 Å². The molecule has 6 heteroatoms. The van der Waals surface area contributed by atoms with E-state index in [9.17, 15) is 14.0 Å². The van der Waals surface area contributed by atoms with E-state index in [0.717, 1.165) is 10.5 Å². The monoisotopic (exact) mass is 328 g/mol. The summed E-state index contributed by atoms with van der Waals surface area (Å²) in [6, 6.07) is 14.5. The minimum absolute atomic E-state index is 0.0632. The summed E-state index contributed by atoms with van der Waals surface area (Å²) in [5, 5.41) is 5.60. The van der Waals surface area contributed by atoms with Crippen LogP contribution >= 0.6 is 0 Å². The summed E-state index contributed by atoms with van der Waals surface area (Å²) in [6.07, 6.45) is 0. The molecule has 1 saturated heterocycles. The maximum absolute atomic E-state index is 13.0. The van der Waals surface area contributed by atoms with Crippen molar-refractivity contribution in [1.29, 1.82) is 0 Å². The molecule has 0 saturated carbocycles. The van der Waals surface area contributed by atoms with E-state index in [0.29, 0.717) is 18.8 Å². The Morgan fingerprint density at radius 2 is 1.83 bits per heavy atom. The molecule has 0 radical (unpaired) electrons. The van der Waals surface area contributed by atoms with Crippen molar-refractivity contribution >= 4 is 17.5 Å². The quantitative estimate of drug-likeness (QED) is 0.766. The van der Waals surface area contributed by atoms with Gasteiger partial charge < -0.3 is 15.5 Å². The molecule has 2 aromatic carbocycles. The molecule has 0 bridgehead atoms. The molecular formula is C18H19FN3O2+. The van der Waals surface area contributed by atoms with Gasteiger partial charge in [0.15, 0.2) is 12.6 Å². The summed E-state index contributed by atoms with van der Waals surface area (Å²) in [7, 11) is 0. The van der Waals surface area contributed by atoms with Crippen LogP contribution in [0.2, 0.25) is 0 Å². The molecule has 1 unspecified atom stereocenters. The average molecular weight is 328 g/mol. The van der Waals surface area contributed by atoms with E-state index >= 15 is 0 Å². The summed E-state index contributed by atoms with van der Waals surface area (Å²) in [5.41, 5.74) is 1.38. The highest BCUT2D eigenvalue weighted by Gasteiger charge is 2.34. The van der Waals surface area contributed by atoms with E-state index < -0.39 is 6.04 Å². The number of nitrogens with one attached hydrogen (secondary N) is 3. The van der Waals surface area contributed by atoms with Crippen molar-refractivity contribution in [2.45, 2.75) is 6.04 Å². The number of anilines is 1. The average Bonchev–Trinajstić information content (AvgIpc) is 2.58. The maximum Gasteiger partial charge on any atom is 0.287 e. The van der Waals surface area contributed by atoms with Gasteiger partial charge in [-0.3, -0.25) is 9.59 Å². The first kappa shape index (κ1) is 16.1. The van der Waals surface area contributed by atoms with Crippen LogP contribution in [0.25, 0.3) is 0 Å². The summed E-state index contributed by atoms with van der Waals surface area (Å²) >= 11 is 0. The summed E-state index contributed by atoms with van der Waals surface area (Å²) in [5.74, 6) is -0.629. The normalized spacial score (nSPS) is 18.5. The van der Waals surface area contributed by atoms with Crippen LogP contribution in [0, 0.1) is 5.82 Å². The fourth-order valence-electron chi connectivity index (χ4n) is 2.93. The lowest BCUT2D eigenvalue weighted by Gasteiger charge is -2.30. The van der Waals surface area contributed by atoms with Gasteiger partial charge in [-0.15, -0.1) is 0 Å². The molecule has 0 spiro atoms. The largest absolute Gasteiger partial charge is 0.346 e. The van der Waals surface area contributed by atoms with Gasteiger partial charge in [-0.2, -0.15) is 0 Å². The number of carbonyl (C=O) groups excluding carboxylic acids is 2. The third-order valence-electron chi connectivity index (χ3n) is 4.07. The fourth-order valence-corrected chi connectivity index (χ4v) is 2.93. The number of amides is 2. The smallest absolute Gasteiger partial charge is 0.287 e. The first-order valence-electron chi connectivity index (χ1n) is 7.86. The molecule has 3 rings (SSSR count). The van der Waals surface area contributed by atoms with E-state index in [-0.39, 0.29) is 24.2 Å². The topological polar surface area (TPSA) is 62.6 Å². The van der Waals surface area contributed by atoms with Gasteiger partial charge in [0.1, 0.15) is 5.82 Å². The van der Waals surface area contributed by atoms with E-state index in [4.69, 9.17) is 0 Å². The molecule has 1 aliphatic heterocycles. The zero-order valence-corrected chi connectivity index (χ0v) is 13.1. The molecule has 1 fully saturated rings. The van der Waals surface area contributed by atoms with E-state index in [1.807, 2.05) is 30.3 Å². The van der Waals surface area contributed by atoms with Crippen LogP contribution in [0.1, 0.15) is 11.6 Å². The van der Waals surface area contributed by atoms with Crippen molar-refractivity contribution in [3.8, 4) is 0 Å².